The fourth-order valence-electron chi connectivity index (χ4n) is 2.58. The predicted molar refractivity (Wildman–Crippen MR) is 111 cm³/mol. The van der Waals surface area contributed by atoms with E-state index in [1.54, 1.807) is 18.2 Å². The molecule has 0 bridgehead atoms. The molecule has 0 spiro atoms. The van der Waals surface area contributed by atoms with Crippen molar-refractivity contribution in [2.45, 2.75) is 6.54 Å². The van der Waals surface area contributed by atoms with Crippen LogP contribution < -0.4 is 10.6 Å². The molecule has 0 saturated carbocycles. The van der Waals surface area contributed by atoms with Crippen LogP contribution in [0.25, 0.3) is 0 Å². The highest BCUT2D eigenvalue weighted by Crippen LogP contribution is 2.28. The number of nitrogens with zero attached hydrogens (tertiary/aromatic N) is 1. The number of carbonyl (C=O) groups is 1. The molecule has 0 radical (unpaired) electrons. The first kappa shape index (κ1) is 19.7. The van der Waals surface area contributed by atoms with E-state index in [9.17, 15) is 14.9 Å². The molecule has 142 valence electrons. The van der Waals surface area contributed by atoms with Gasteiger partial charge in [-0.15, -0.1) is 0 Å². The van der Waals surface area contributed by atoms with Crippen molar-refractivity contribution in [2.24, 2.45) is 0 Å². The summed E-state index contributed by atoms with van der Waals surface area (Å²) in [7, 11) is 0. The molecule has 0 aliphatic rings. The Hall–Kier alpha value is -3.09. The topological polar surface area (TPSA) is 84.3 Å². The number of hydrogen-bond donors (Lipinski definition) is 2. The normalized spacial score (nSPS) is 10.4. The molecule has 3 rings (SSSR count). The second kappa shape index (κ2) is 8.73. The summed E-state index contributed by atoms with van der Waals surface area (Å²) in [5.41, 5.74) is 1.77. The van der Waals surface area contributed by atoms with Gasteiger partial charge in [0.25, 0.3) is 11.6 Å². The molecule has 0 aliphatic heterocycles. The third-order valence-corrected chi connectivity index (χ3v) is 4.50. The van der Waals surface area contributed by atoms with Crippen LogP contribution in [0.3, 0.4) is 0 Å². The fourth-order valence-corrected chi connectivity index (χ4v) is 3.00. The number of rotatable bonds is 6. The van der Waals surface area contributed by atoms with Gasteiger partial charge >= 0.3 is 0 Å². The lowest BCUT2D eigenvalue weighted by Crippen LogP contribution is -2.14. The number of hydrogen-bond acceptors (Lipinski definition) is 4. The van der Waals surface area contributed by atoms with Crippen LogP contribution in [0.15, 0.2) is 66.7 Å². The summed E-state index contributed by atoms with van der Waals surface area (Å²) in [6.07, 6.45) is 0. The van der Waals surface area contributed by atoms with Gasteiger partial charge in [-0.1, -0.05) is 53.5 Å². The molecular weight excluding hydrogens is 401 g/mol. The molecule has 2 N–H and O–H groups in total. The quantitative estimate of drug-likeness (QED) is 0.395. The molecule has 28 heavy (non-hydrogen) atoms. The molecule has 0 heterocycles. The third kappa shape index (κ3) is 4.79. The van der Waals surface area contributed by atoms with Gasteiger partial charge < -0.3 is 10.6 Å². The molecule has 3 aromatic carbocycles. The van der Waals surface area contributed by atoms with Crippen LogP contribution in [-0.4, -0.2) is 10.8 Å². The van der Waals surface area contributed by atoms with Gasteiger partial charge in [-0.2, -0.15) is 0 Å². The lowest BCUT2D eigenvalue weighted by atomic mass is 10.1. The Labute approximate surface area is 171 Å². The zero-order chi connectivity index (χ0) is 20.1. The Morgan fingerprint density at radius 3 is 2.43 bits per heavy atom. The monoisotopic (exact) mass is 415 g/mol. The van der Waals surface area contributed by atoms with Crippen LogP contribution in [0.4, 0.5) is 17.1 Å². The predicted octanol–water partition coefficient (Wildman–Crippen LogP) is 5.77. The summed E-state index contributed by atoms with van der Waals surface area (Å²) < 4.78 is 0. The summed E-state index contributed by atoms with van der Waals surface area (Å²) in [6, 6.07) is 18.6. The second-order valence-corrected chi connectivity index (χ2v) is 6.75. The van der Waals surface area contributed by atoms with Crippen molar-refractivity contribution in [2.75, 3.05) is 10.6 Å². The maximum atomic E-state index is 12.5. The second-order valence-electron chi connectivity index (χ2n) is 5.91. The zero-order valence-electron chi connectivity index (χ0n) is 14.5. The van der Waals surface area contributed by atoms with Crippen LogP contribution >= 0.6 is 23.2 Å². The maximum absolute atomic E-state index is 12.5. The first-order valence-corrected chi connectivity index (χ1v) is 9.02. The molecule has 1 amide bonds. The Morgan fingerprint density at radius 1 is 1.00 bits per heavy atom. The summed E-state index contributed by atoms with van der Waals surface area (Å²) >= 11 is 12.2. The number of halogens is 2. The van der Waals surface area contributed by atoms with Gasteiger partial charge in [-0.05, 0) is 35.9 Å². The van der Waals surface area contributed by atoms with Crippen molar-refractivity contribution < 1.29 is 9.72 Å². The van der Waals surface area contributed by atoms with E-state index in [2.05, 4.69) is 10.6 Å². The zero-order valence-corrected chi connectivity index (χ0v) is 16.0. The lowest BCUT2D eigenvalue weighted by Gasteiger charge is -2.11. The van der Waals surface area contributed by atoms with Crippen LogP contribution in [0.5, 0.6) is 0 Å². The van der Waals surface area contributed by atoms with Crippen molar-refractivity contribution in [3.8, 4) is 0 Å². The van der Waals surface area contributed by atoms with Gasteiger partial charge in [0.1, 0.15) is 5.56 Å². The van der Waals surface area contributed by atoms with Crippen molar-refractivity contribution >= 4 is 46.2 Å². The summed E-state index contributed by atoms with van der Waals surface area (Å²) in [5, 5.41) is 17.6. The summed E-state index contributed by atoms with van der Waals surface area (Å²) in [5.74, 6) is -0.643. The van der Waals surface area contributed by atoms with Crippen LogP contribution in [0, 0.1) is 10.1 Å². The van der Waals surface area contributed by atoms with Gasteiger partial charge in [-0.3, -0.25) is 14.9 Å². The lowest BCUT2D eigenvalue weighted by molar-refractivity contribution is -0.385. The van der Waals surface area contributed by atoms with E-state index in [1.807, 2.05) is 30.3 Å². The number of benzene rings is 3. The average molecular weight is 416 g/mol. The smallest absolute Gasteiger partial charge is 0.282 e. The SMILES string of the molecule is O=C(Nc1ccc(NCc2ccccc2)c(Cl)c1)c1cc(Cl)ccc1[N+](=O)[O-]. The molecule has 0 aliphatic carbocycles. The number of anilines is 2. The van der Waals surface area contributed by atoms with Crippen molar-refractivity contribution in [3.63, 3.8) is 0 Å². The highest BCUT2D eigenvalue weighted by molar-refractivity contribution is 6.33. The summed E-state index contributed by atoms with van der Waals surface area (Å²) in [6.45, 7) is 0.598. The highest BCUT2D eigenvalue weighted by Gasteiger charge is 2.20. The molecule has 6 nitrogen and oxygen atoms in total. The maximum Gasteiger partial charge on any atom is 0.282 e. The average Bonchev–Trinajstić information content (AvgIpc) is 2.68. The minimum absolute atomic E-state index is 0.125. The van der Waals surface area contributed by atoms with E-state index >= 15 is 0 Å². The number of nitrogens with one attached hydrogen (secondary N) is 2. The van der Waals surface area contributed by atoms with Gasteiger partial charge in [0, 0.05) is 23.3 Å². The largest absolute Gasteiger partial charge is 0.380 e. The fraction of sp³-hybridized carbons (Fsp3) is 0.0500. The Bertz CT molecular complexity index is 1030. The van der Waals surface area contributed by atoms with Crippen molar-refractivity contribution in [1.29, 1.82) is 0 Å². The minimum Gasteiger partial charge on any atom is -0.380 e. The molecular formula is C20H15Cl2N3O3. The number of nitro benzene ring substituents is 1. The van der Waals surface area contributed by atoms with Crippen LogP contribution in [0.1, 0.15) is 15.9 Å². The first-order chi connectivity index (χ1) is 13.4. The molecule has 0 atom stereocenters. The molecule has 8 heteroatoms. The number of amides is 1. The molecule has 0 saturated heterocycles. The molecule has 0 unspecified atom stereocenters. The Kier molecular flexibility index (Phi) is 6.13. The van der Waals surface area contributed by atoms with E-state index in [0.717, 1.165) is 5.56 Å². The van der Waals surface area contributed by atoms with Crippen molar-refractivity contribution in [3.05, 3.63) is 98.0 Å². The van der Waals surface area contributed by atoms with Gasteiger partial charge in [0.15, 0.2) is 0 Å². The van der Waals surface area contributed by atoms with E-state index in [0.29, 0.717) is 22.9 Å². The standard InChI is InChI=1S/C20H15Cl2N3O3/c21-14-6-9-19(25(27)28)16(10-14)20(26)24-15-7-8-18(17(22)11-15)23-12-13-4-2-1-3-5-13/h1-11,23H,12H2,(H,24,26). The number of carbonyl (C=O) groups excluding carboxylic acids is 1. The highest BCUT2D eigenvalue weighted by atomic mass is 35.5. The van der Waals surface area contributed by atoms with E-state index < -0.39 is 10.8 Å². The van der Waals surface area contributed by atoms with Gasteiger partial charge in [0.05, 0.1) is 15.6 Å². The number of nitro groups is 1. The van der Waals surface area contributed by atoms with E-state index in [4.69, 9.17) is 23.2 Å². The van der Waals surface area contributed by atoms with E-state index in [-0.39, 0.29) is 16.3 Å². The third-order valence-electron chi connectivity index (χ3n) is 3.95. The molecule has 0 fully saturated rings. The Morgan fingerprint density at radius 2 is 1.75 bits per heavy atom. The van der Waals surface area contributed by atoms with E-state index in [1.165, 1.54) is 18.2 Å². The van der Waals surface area contributed by atoms with Crippen LogP contribution in [-0.2, 0) is 6.54 Å². The van der Waals surface area contributed by atoms with Gasteiger partial charge in [-0.25, -0.2) is 0 Å². The summed E-state index contributed by atoms with van der Waals surface area (Å²) in [4.78, 5) is 23.0. The minimum atomic E-state index is -0.643. The van der Waals surface area contributed by atoms with Crippen LogP contribution in [0.2, 0.25) is 10.0 Å². The first-order valence-electron chi connectivity index (χ1n) is 8.26. The van der Waals surface area contributed by atoms with Gasteiger partial charge in [0.2, 0.25) is 0 Å². The molecule has 0 aromatic heterocycles. The van der Waals surface area contributed by atoms with Crippen molar-refractivity contribution in [1.82, 2.24) is 0 Å². The molecule has 3 aromatic rings. The Balaban J connectivity index is 1.73.